The van der Waals surface area contributed by atoms with Crippen LogP contribution in [0.25, 0.3) is 0 Å². The van der Waals surface area contributed by atoms with Crippen LogP contribution >= 0.6 is 0 Å². The summed E-state index contributed by atoms with van der Waals surface area (Å²) in [5.41, 5.74) is 0. The molecule has 1 heterocycles. The van der Waals surface area contributed by atoms with Crippen molar-refractivity contribution in [2.24, 2.45) is 5.92 Å². The van der Waals surface area contributed by atoms with Crippen molar-refractivity contribution >= 4 is 5.91 Å². The van der Waals surface area contributed by atoms with Crippen molar-refractivity contribution in [1.82, 2.24) is 4.90 Å². The fourth-order valence-corrected chi connectivity index (χ4v) is 1.48. The molecule has 2 aliphatic rings. The van der Waals surface area contributed by atoms with Crippen LogP contribution < -0.4 is 0 Å². The second-order valence-corrected chi connectivity index (χ2v) is 2.77. The summed E-state index contributed by atoms with van der Waals surface area (Å²) in [5.74, 6) is 1.08. The third kappa shape index (κ3) is 0.358. The van der Waals surface area contributed by atoms with Crippen LogP contribution in [-0.4, -0.2) is 23.9 Å². The molecule has 1 aliphatic heterocycles. The van der Waals surface area contributed by atoms with Gasteiger partial charge in [-0.1, -0.05) is 0 Å². The van der Waals surface area contributed by atoms with E-state index in [4.69, 9.17) is 0 Å². The van der Waals surface area contributed by atoms with Crippen molar-refractivity contribution in [1.29, 1.82) is 0 Å². The van der Waals surface area contributed by atoms with Crippen LogP contribution in [0, 0.1) is 5.92 Å². The molecule has 1 saturated carbocycles. The summed E-state index contributed by atoms with van der Waals surface area (Å²) in [6.07, 6.45) is 2.09. The van der Waals surface area contributed by atoms with Gasteiger partial charge >= 0.3 is 0 Å². The van der Waals surface area contributed by atoms with E-state index in [9.17, 15) is 4.79 Å². The summed E-state index contributed by atoms with van der Waals surface area (Å²) >= 11 is 0. The van der Waals surface area contributed by atoms with Gasteiger partial charge in [0.05, 0.1) is 0 Å². The van der Waals surface area contributed by atoms with Gasteiger partial charge in [0.25, 0.3) is 0 Å². The van der Waals surface area contributed by atoms with E-state index in [-0.39, 0.29) is 0 Å². The molecule has 1 amide bonds. The van der Waals surface area contributed by atoms with Gasteiger partial charge in [-0.3, -0.25) is 4.79 Å². The fourth-order valence-electron chi connectivity index (χ4n) is 1.48. The van der Waals surface area contributed by atoms with Crippen molar-refractivity contribution in [3.8, 4) is 0 Å². The third-order valence-electron chi connectivity index (χ3n) is 2.21. The molecule has 2 atom stereocenters. The van der Waals surface area contributed by atoms with Crippen LogP contribution in [0.5, 0.6) is 0 Å². The van der Waals surface area contributed by atoms with Crippen LogP contribution in [0.3, 0.4) is 0 Å². The fraction of sp³-hybridized carbons (Fsp3) is 0.833. The Morgan fingerprint density at radius 1 is 1.75 bits per heavy atom. The van der Waals surface area contributed by atoms with Crippen LogP contribution in [0.4, 0.5) is 0 Å². The summed E-state index contributed by atoms with van der Waals surface area (Å²) in [6, 6.07) is 0.641. The Bertz CT molecular complexity index is 143. The molecule has 0 N–H and O–H groups in total. The number of carbonyl (C=O) groups is 1. The molecular formula is C6H9NO. The van der Waals surface area contributed by atoms with Crippen LogP contribution in [0.2, 0.25) is 0 Å². The third-order valence-corrected chi connectivity index (χ3v) is 2.21. The van der Waals surface area contributed by atoms with E-state index in [0.29, 0.717) is 11.9 Å². The van der Waals surface area contributed by atoms with Crippen molar-refractivity contribution in [2.45, 2.75) is 18.9 Å². The van der Waals surface area contributed by atoms with Gasteiger partial charge in [0.2, 0.25) is 5.91 Å². The molecule has 0 aromatic rings. The minimum absolute atomic E-state index is 0.339. The standard InChI is InChI=1S/C6H9NO/c1-7-5-2-4(5)3-6(7)8/h4-5H,2-3H2,1H3/t4-,5-/m1/s1. The SMILES string of the molecule is CN1C(=O)C[C@H]2C[C@H]21. The predicted molar refractivity (Wildman–Crippen MR) is 29.3 cm³/mol. The van der Waals surface area contributed by atoms with Crippen molar-refractivity contribution in [3.63, 3.8) is 0 Å². The van der Waals surface area contributed by atoms with Gasteiger partial charge in [0.1, 0.15) is 0 Å². The number of carbonyl (C=O) groups excluding carboxylic acids is 1. The number of amides is 1. The quantitative estimate of drug-likeness (QED) is 0.438. The summed E-state index contributed by atoms with van der Waals surface area (Å²) in [5, 5.41) is 0. The molecule has 1 aliphatic carbocycles. The van der Waals surface area contributed by atoms with Crippen molar-refractivity contribution in [2.75, 3.05) is 7.05 Å². The number of hydrogen-bond acceptors (Lipinski definition) is 1. The van der Waals surface area contributed by atoms with Gasteiger partial charge in [0, 0.05) is 19.5 Å². The normalized spacial score (nSPS) is 42.6. The summed E-state index contributed by atoms with van der Waals surface area (Å²) in [6.45, 7) is 0. The number of likely N-dealkylation sites (tertiary alicyclic amines) is 1. The first-order valence-corrected chi connectivity index (χ1v) is 3.04. The Labute approximate surface area is 48.5 Å². The molecule has 1 saturated heterocycles. The Balaban J connectivity index is 2.19. The number of hydrogen-bond donors (Lipinski definition) is 0. The van der Waals surface area contributed by atoms with Gasteiger partial charge in [-0.2, -0.15) is 0 Å². The second-order valence-electron chi connectivity index (χ2n) is 2.77. The molecule has 0 aromatic heterocycles. The molecule has 2 rings (SSSR count). The maximum Gasteiger partial charge on any atom is 0.222 e. The van der Waals surface area contributed by atoms with E-state index in [1.54, 1.807) is 0 Å². The minimum Gasteiger partial charge on any atom is -0.342 e. The zero-order chi connectivity index (χ0) is 5.72. The Morgan fingerprint density at radius 3 is 2.75 bits per heavy atom. The average Bonchev–Trinajstić information content (AvgIpc) is 2.39. The van der Waals surface area contributed by atoms with Crippen LogP contribution in [-0.2, 0) is 4.79 Å². The zero-order valence-electron chi connectivity index (χ0n) is 4.92. The molecule has 0 unspecified atom stereocenters. The molecule has 0 bridgehead atoms. The highest BCUT2D eigenvalue weighted by atomic mass is 16.2. The molecule has 0 spiro atoms. The van der Waals surface area contributed by atoms with E-state index < -0.39 is 0 Å². The number of piperidine rings is 1. The number of rotatable bonds is 0. The highest BCUT2D eigenvalue weighted by Crippen LogP contribution is 2.43. The predicted octanol–water partition coefficient (Wildman–Crippen LogP) is 0.237. The maximum absolute atomic E-state index is 10.7. The van der Waals surface area contributed by atoms with Gasteiger partial charge in [-0.25, -0.2) is 0 Å². The van der Waals surface area contributed by atoms with E-state index in [1.807, 2.05) is 11.9 Å². The lowest BCUT2D eigenvalue weighted by molar-refractivity contribution is -0.127. The van der Waals surface area contributed by atoms with E-state index >= 15 is 0 Å². The summed E-state index contributed by atoms with van der Waals surface area (Å²) in [4.78, 5) is 12.6. The largest absolute Gasteiger partial charge is 0.342 e. The number of nitrogens with zero attached hydrogens (tertiary/aromatic N) is 1. The molecule has 2 heteroatoms. The highest BCUT2D eigenvalue weighted by molar-refractivity contribution is 5.80. The number of fused-ring (bicyclic) bond motifs is 1. The average molecular weight is 111 g/mol. The molecular weight excluding hydrogens is 102 g/mol. The summed E-state index contributed by atoms with van der Waals surface area (Å²) in [7, 11) is 1.90. The molecule has 0 radical (unpaired) electrons. The minimum atomic E-state index is 0.339. The Morgan fingerprint density at radius 2 is 2.50 bits per heavy atom. The second kappa shape index (κ2) is 1.07. The van der Waals surface area contributed by atoms with Gasteiger partial charge in [0.15, 0.2) is 0 Å². The molecule has 44 valence electrons. The highest BCUT2D eigenvalue weighted by Gasteiger charge is 2.49. The van der Waals surface area contributed by atoms with Crippen LogP contribution in [0.15, 0.2) is 0 Å². The smallest absolute Gasteiger partial charge is 0.222 e. The molecule has 0 aromatic carbocycles. The first kappa shape index (κ1) is 4.36. The Hall–Kier alpha value is -0.530. The van der Waals surface area contributed by atoms with E-state index in [2.05, 4.69) is 0 Å². The first-order valence-electron chi connectivity index (χ1n) is 3.04. The lowest BCUT2D eigenvalue weighted by Gasteiger charge is -2.08. The Kier molecular flexibility index (Phi) is 0.581. The maximum atomic E-state index is 10.7. The molecule has 2 nitrogen and oxygen atoms in total. The lowest BCUT2D eigenvalue weighted by Crippen LogP contribution is -2.22. The molecule has 8 heavy (non-hydrogen) atoms. The lowest BCUT2D eigenvalue weighted by atomic mass is 10.3. The monoisotopic (exact) mass is 111 g/mol. The zero-order valence-corrected chi connectivity index (χ0v) is 4.92. The van der Waals surface area contributed by atoms with Crippen LogP contribution in [0.1, 0.15) is 12.8 Å². The topological polar surface area (TPSA) is 20.3 Å². The van der Waals surface area contributed by atoms with Gasteiger partial charge in [-0.15, -0.1) is 0 Å². The van der Waals surface area contributed by atoms with Gasteiger partial charge < -0.3 is 4.90 Å². The van der Waals surface area contributed by atoms with Gasteiger partial charge in [-0.05, 0) is 12.3 Å². The first-order chi connectivity index (χ1) is 3.79. The van der Waals surface area contributed by atoms with E-state index in [0.717, 1.165) is 12.3 Å². The summed E-state index contributed by atoms with van der Waals surface area (Å²) < 4.78 is 0. The van der Waals surface area contributed by atoms with Crippen molar-refractivity contribution in [3.05, 3.63) is 0 Å². The van der Waals surface area contributed by atoms with E-state index in [1.165, 1.54) is 6.42 Å². The molecule has 2 fully saturated rings. The van der Waals surface area contributed by atoms with Crippen molar-refractivity contribution < 1.29 is 4.79 Å².